The number of ether oxygens (including phenoxy) is 1. The Morgan fingerprint density at radius 2 is 1.96 bits per heavy atom. The molecule has 0 aliphatic heterocycles. The van der Waals surface area contributed by atoms with E-state index in [1.165, 1.54) is 12.3 Å². The number of pyridine rings is 1. The second-order valence-electron chi connectivity index (χ2n) is 4.89. The van der Waals surface area contributed by atoms with Crippen LogP contribution in [0.5, 0.6) is 11.6 Å². The number of amides is 2. The fraction of sp³-hybridized carbons (Fsp3) is 0.235. The van der Waals surface area contributed by atoms with E-state index in [0.29, 0.717) is 23.7 Å². The van der Waals surface area contributed by atoms with E-state index < -0.39 is 6.04 Å². The summed E-state index contributed by atoms with van der Waals surface area (Å²) in [5.74, 6) is 0.363. The molecule has 0 aliphatic rings. The minimum atomic E-state index is -0.617. The Hall–Kier alpha value is -2.89. The third-order valence-electron chi connectivity index (χ3n) is 3.05. The molecule has 0 bridgehead atoms. The number of nitrogens with one attached hydrogen (secondary N) is 2. The average molecular weight is 313 g/mol. The number of nitrogens with zero attached hydrogens (tertiary/aromatic N) is 1. The molecule has 6 nitrogen and oxygen atoms in total. The lowest BCUT2D eigenvalue weighted by molar-refractivity contribution is -0.122. The molecule has 23 heavy (non-hydrogen) atoms. The Balaban J connectivity index is 2.04. The van der Waals surface area contributed by atoms with Crippen molar-refractivity contribution in [1.82, 2.24) is 15.6 Å². The van der Waals surface area contributed by atoms with E-state index in [4.69, 9.17) is 4.74 Å². The molecule has 0 fully saturated rings. The number of para-hydroxylation sites is 1. The van der Waals surface area contributed by atoms with E-state index in [9.17, 15) is 9.59 Å². The molecule has 0 saturated heterocycles. The van der Waals surface area contributed by atoms with Gasteiger partial charge in [-0.05, 0) is 32.0 Å². The second-order valence-corrected chi connectivity index (χ2v) is 4.89. The van der Waals surface area contributed by atoms with Crippen molar-refractivity contribution in [3.05, 3.63) is 54.2 Å². The van der Waals surface area contributed by atoms with Crippen molar-refractivity contribution in [2.75, 3.05) is 6.54 Å². The molecule has 1 unspecified atom stereocenters. The summed E-state index contributed by atoms with van der Waals surface area (Å²) in [6, 6.07) is 11.7. The molecule has 1 heterocycles. The normalized spacial score (nSPS) is 11.4. The van der Waals surface area contributed by atoms with Crippen LogP contribution in [0.25, 0.3) is 0 Å². The van der Waals surface area contributed by atoms with Gasteiger partial charge in [-0.3, -0.25) is 9.59 Å². The molecule has 1 aromatic carbocycles. The zero-order valence-electron chi connectivity index (χ0n) is 13.1. The number of benzene rings is 1. The molecule has 6 heteroatoms. The summed E-state index contributed by atoms with van der Waals surface area (Å²) in [4.78, 5) is 27.9. The predicted octanol–water partition coefficient (Wildman–Crippen LogP) is 2.13. The fourth-order valence-corrected chi connectivity index (χ4v) is 1.89. The summed E-state index contributed by atoms with van der Waals surface area (Å²) in [7, 11) is 0. The van der Waals surface area contributed by atoms with Gasteiger partial charge in [0.15, 0.2) is 0 Å². The van der Waals surface area contributed by atoms with Crippen LogP contribution >= 0.6 is 0 Å². The van der Waals surface area contributed by atoms with Crippen molar-refractivity contribution in [1.29, 1.82) is 0 Å². The number of aromatic nitrogens is 1. The topological polar surface area (TPSA) is 80.3 Å². The first-order valence-corrected chi connectivity index (χ1v) is 7.37. The highest BCUT2D eigenvalue weighted by Gasteiger charge is 2.16. The van der Waals surface area contributed by atoms with E-state index in [1.807, 2.05) is 25.1 Å². The van der Waals surface area contributed by atoms with E-state index >= 15 is 0 Å². The summed E-state index contributed by atoms with van der Waals surface area (Å²) < 4.78 is 5.59. The summed E-state index contributed by atoms with van der Waals surface area (Å²) in [5.41, 5.74) is 0.377. The van der Waals surface area contributed by atoms with E-state index in [0.717, 1.165) is 0 Å². The molecule has 0 spiro atoms. The van der Waals surface area contributed by atoms with Gasteiger partial charge in [-0.15, -0.1) is 0 Å². The van der Waals surface area contributed by atoms with Gasteiger partial charge in [0.25, 0.3) is 5.91 Å². The maximum Gasteiger partial charge on any atom is 0.252 e. The van der Waals surface area contributed by atoms with Gasteiger partial charge in [0.05, 0.1) is 0 Å². The third-order valence-corrected chi connectivity index (χ3v) is 3.05. The summed E-state index contributed by atoms with van der Waals surface area (Å²) in [5, 5.41) is 5.29. The molecule has 2 rings (SSSR count). The quantitative estimate of drug-likeness (QED) is 0.856. The number of hydrogen-bond acceptors (Lipinski definition) is 4. The Kier molecular flexibility index (Phi) is 5.68. The molecule has 0 radical (unpaired) electrons. The Morgan fingerprint density at radius 1 is 1.22 bits per heavy atom. The highest BCUT2D eigenvalue weighted by molar-refractivity contribution is 5.97. The number of carbonyl (C=O) groups excluding carboxylic acids is 2. The van der Waals surface area contributed by atoms with Gasteiger partial charge in [0.1, 0.15) is 11.8 Å². The lowest BCUT2D eigenvalue weighted by Gasteiger charge is -2.13. The lowest BCUT2D eigenvalue weighted by Crippen LogP contribution is -2.44. The van der Waals surface area contributed by atoms with Crippen LogP contribution in [-0.2, 0) is 4.79 Å². The van der Waals surface area contributed by atoms with Gasteiger partial charge in [0.2, 0.25) is 11.8 Å². The van der Waals surface area contributed by atoms with E-state index in [2.05, 4.69) is 15.6 Å². The summed E-state index contributed by atoms with van der Waals surface area (Å²) in [6.07, 6.45) is 1.49. The maximum absolute atomic E-state index is 12.2. The highest BCUT2D eigenvalue weighted by atomic mass is 16.5. The van der Waals surface area contributed by atoms with Crippen molar-refractivity contribution in [3.63, 3.8) is 0 Å². The Morgan fingerprint density at radius 3 is 2.65 bits per heavy atom. The number of likely N-dealkylation sites (N-methyl/N-ethyl adjacent to an activating group) is 1. The van der Waals surface area contributed by atoms with Crippen LogP contribution in [0.3, 0.4) is 0 Å². The molecular weight excluding hydrogens is 294 g/mol. The predicted molar refractivity (Wildman–Crippen MR) is 86.4 cm³/mol. The van der Waals surface area contributed by atoms with Gasteiger partial charge in [-0.1, -0.05) is 18.2 Å². The SMILES string of the molecule is CCNC(=O)C(C)NC(=O)c1ccnc(Oc2ccccc2)c1. The molecule has 0 saturated carbocycles. The monoisotopic (exact) mass is 313 g/mol. The number of hydrogen-bond donors (Lipinski definition) is 2. The van der Waals surface area contributed by atoms with E-state index in [-0.39, 0.29) is 11.8 Å². The molecule has 2 N–H and O–H groups in total. The second kappa shape index (κ2) is 7.93. The highest BCUT2D eigenvalue weighted by Crippen LogP contribution is 2.19. The summed E-state index contributed by atoms with van der Waals surface area (Å²) in [6.45, 7) is 3.97. The zero-order chi connectivity index (χ0) is 16.7. The third kappa shape index (κ3) is 4.81. The standard InChI is InChI=1S/C17H19N3O3/c1-3-18-16(21)12(2)20-17(22)13-9-10-19-15(11-13)23-14-7-5-4-6-8-14/h4-12H,3H2,1-2H3,(H,18,21)(H,20,22). The van der Waals surface area contributed by atoms with Crippen molar-refractivity contribution in [2.24, 2.45) is 0 Å². The zero-order valence-corrected chi connectivity index (χ0v) is 13.1. The first-order valence-electron chi connectivity index (χ1n) is 7.37. The smallest absolute Gasteiger partial charge is 0.252 e. The fourth-order valence-electron chi connectivity index (χ4n) is 1.89. The van der Waals surface area contributed by atoms with Crippen LogP contribution in [0.4, 0.5) is 0 Å². The van der Waals surface area contributed by atoms with Crippen LogP contribution in [0.1, 0.15) is 24.2 Å². The van der Waals surface area contributed by atoms with Crippen LogP contribution in [0, 0.1) is 0 Å². The van der Waals surface area contributed by atoms with E-state index in [1.54, 1.807) is 25.1 Å². The summed E-state index contributed by atoms with van der Waals surface area (Å²) >= 11 is 0. The van der Waals surface area contributed by atoms with Crippen LogP contribution < -0.4 is 15.4 Å². The molecule has 2 aromatic rings. The average Bonchev–Trinajstić information content (AvgIpc) is 2.56. The first-order chi connectivity index (χ1) is 11.1. The van der Waals surface area contributed by atoms with Gasteiger partial charge in [-0.2, -0.15) is 0 Å². The Bertz CT molecular complexity index is 674. The molecule has 0 aliphatic carbocycles. The molecule has 1 atom stereocenters. The largest absolute Gasteiger partial charge is 0.439 e. The first kappa shape index (κ1) is 16.5. The van der Waals surface area contributed by atoms with Crippen molar-refractivity contribution in [2.45, 2.75) is 19.9 Å². The molecule has 2 amide bonds. The van der Waals surface area contributed by atoms with Crippen LogP contribution in [0.15, 0.2) is 48.7 Å². The van der Waals surface area contributed by atoms with Crippen molar-refractivity contribution < 1.29 is 14.3 Å². The van der Waals surface area contributed by atoms with Gasteiger partial charge in [0, 0.05) is 24.4 Å². The molecular formula is C17H19N3O3. The van der Waals surface area contributed by atoms with Gasteiger partial charge in [-0.25, -0.2) is 4.98 Å². The molecule has 120 valence electrons. The van der Waals surface area contributed by atoms with Crippen LogP contribution in [-0.4, -0.2) is 29.4 Å². The van der Waals surface area contributed by atoms with Gasteiger partial charge >= 0.3 is 0 Å². The number of rotatable bonds is 6. The lowest BCUT2D eigenvalue weighted by atomic mass is 10.2. The van der Waals surface area contributed by atoms with Crippen molar-refractivity contribution in [3.8, 4) is 11.6 Å². The van der Waals surface area contributed by atoms with Gasteiger partial charge < -0.3 is 15.4 Å². The van der Waals surface area contributed by atoms with Crippen molar-refractivity contribution >= 4 is 11.8 Å². The Labute approximate surface area is 134 Å². The van der Waals surface area contributed by atoms with Crippen LogP contribution in [0.2, 0.25) is 0 Å². The maximum atomic E-state index is 12.2. The minimum Gasteiger partial charge on any atom is -0.439 e. The molecule has 1 aromatic heterocycles. The minimum absolute atomic E-state index is 0.226. The number of carbonyl (C=O) groups is 2.